The fourth-order valence-electron chi connectivity index (χ4n) is 2.51. The summed E-state index contributed by atoms with van der Waals surface area (Å²) in [6.07, 6.45) is 0.315. The number of para-hydroxylation sites is 1. The smallest absolute Gasteiger partial charge is 0.273 e. The summed E-state index contributed by atoms with van der Waals surface area (Å²) in [5, 5.41) is 0.417. The number of hydrogen-bond acceptors (Lipinski definition) is 3. The maximum absolute atomic E-state index is 13.7. The number of nitrogens with zero attached hydrogens (tertiary/aromatic N) is 2. The molecule has 0 aliphatic heterocycles. The largest absolute Gasteiger partial charge is 0.280 e. The Morgan fingerprint density at radius 3 is 2.62 bits per heavy atom. The van der Waals surface area contributed by atoms with Crippen molar-refractivity contribution >= 4 is 16.8 Å². The van der Waals surface area contributed by atoms with E-state index in [1.807, 2.05) is 6.92 Å². The molecule has 0 radical (unpaired) electrons. The molecule has 1 heterocycles. The van der Waals surface area contributed by atoms with Crippen LogP contribution in [-0.4, -0.2) is 15.6 Å². The predicted octanol–water partition coefficient (Wildman–Crippen LogP) is 2.41. The van der Waals surface area contributed by atoms with Crippen molar-refractivity contribution in [2.45, 2.75) is 19.8 Å². The summed E-state index contributed by atoms with van der Waals surface area (Å²) < 4.78 is 14.8. The number of nitrogens with one attached hydrogen (secondary N) is 1. The van der Waals surface area contributed by atoms with E-state index in [-0.39, 0.29) is 17.5 Å². The molecule has 1 amide bonds. The number of fused-ring (bicyclic) bond motifs is 1. The number of aryl methyl sites for hydroxylation is 1. The summed E-state index contributed by atoms with van der Waals surface area (Å²) in [6.45, 7) is 1.84. The van der Waals surface area contributed by atoms with Gasteiger partial charge in [0.05, 0.1) is 17.3 Å². The van der Waals surface area contributed by atoms with E-state index in [2.05, 4.69) is 10.4 Å². The van der Waals surface area contributed by atoms with Gasteiger partial charge in [-0.3, -0.25) is 15.0 Å². The second-order valence-corrected chi connectivity index (χ2v) is 5.34. The molecule has 3 aromatic rings. The number of carbonyl (C=O) groups excluding carboxylic acids is 1. The van der Waals surface area contributed by atoms with Gasteiger partial charge in [-0.15, -0.1) is 0 Å². The highest BCUT2D eigenvalue weighted by Crippen LogP contribution is 2.09. The third-order valence-electron chi connectivity index (χ3n) is 3.71. The maximum Gasteiger partial charge on any atom is 0.280 e. The van der Waals surface area contributed by atoms with Crippen molar-refractivity contribution in [2.24, 2.45) is 0 Å². The van der Waals surface area contributed by atoms with Crippen LogP contribution < -0.4 is 11.0 Å². The van der Waals surface area contributed by atoms with Crippen molar-refractivity contribution in [3.8, 4) is 0 Å². The van der Waals surface area contributed by atoms with Crippen LogP contribution in [0.1, 0.15) is 18.3 Å². The average Bonchev–Trinajstić information content (AvgIpc) is 2.59. The molecule has 0 aliphatic carbocycles. The van der Waals surface area contributed by atoms with E-state index in [0.717, 1.165) is 4.68 Å². The number of rotatable bonds is 4. The van der Waals surface area contributed by atoms with Crippen LogP contribution in [-0.2, 0) is 17.6 Å². The lowest BCUT2D eigenvalue weighted by molar-refractivity contribution is -0.116. The normalized spacial score (nSPS) is 10.8. The van der Waals surface area contributed by atoms with Crippen molar-refractivity contribution in [3.63, 3.8) is 0 Å². The zero-order valence-electron chi connectivity index (χ0n) is 13.1. The number of carbonyl (C=O) groups is 1. The van der Waals surface area contributed by atoms with Crippen molar-refractivity contribution < 1.29 is 9.18 Å². The lowest BCUT2D eigenvalue weighted by atomic mass is 10.1. The van der Waals surface area contributed by atoms with E-state index >= 15 is 0 Å². The minimum Gasteiger partial charge on any atom is -0.273 e. The van der Waals surface area contributed by atoms with Gasteiger partial charge in [0.15, 0.2) is 0 Å². The molecule has 1 aromatic heterocycles. The van der Waals surface area contributed by atoms with Gasteiger partial charge in [0.2, 0.25) is 5.91 Å². The van der Waals surface area contributed by atoms with Crippen LogP contribution in [0.2, 0.25) is 0 Å². The molecular weight excluding hydrogens is 309 g/mol. The molecule has 0 spiro atoms. The van der Waals surface area contributed by atoms with E-state index in [1.165, 1.54) is 12.1 Å². The predicted molar refractivity (Wildman–Crippen MR) is 89.9 cm³/mol. The SMILES string of the molecule is CCc1nc2ccccc2c(=O)n1NC(=O)Cc1ccccc1F. The fourth-order valence-corrected chi connectivity index (χ4v) is 2.51. The lowest BCUT2D eigenvalue weighted by Crippen LogP contribution is -2.37. The third kappa shape index (κ3) is 3.03. The average molecular weight is 325 g/mol. The maximum atomic E-state index is 13.7. The van der Waals surface area contributed by atoms with E-state index in [0.29, 0.717) is 23.1 Å². The number of amides is 1. The summed E-state index contributed by atoms with van der Waals surface area (Å²) in [5.74, 6) is -0.484. The van der Waals surface area contributed by atoms with Crippen LogP contribution >= 0.6 is 0 Å². The molecule has 5 nitrogen and oxygen atoms in total. The Morgan fingerprint density at radius 1 is 1.17 bits per heavy atom. The highest BCUT2D eigenvalue weighted by Gasteiger charge is 2.13. The first-order valence-electron chi connectivity index (χ1n) is 7.64. The van der Waals surface area contributed by atoms with Gasteiger partial charge < -0.3 is 0 Å². The van der Waals surface area contributed by atoms with E-state index < -0.39 is 11.7 Å². The first-order valence-corrected chi connectivity index (χ1v) is 7.64. The Hall–Kier alpha value is -3.02. The second kappa shape index (κ2) is 6.62. The van der Waals surface area contributed by atoms with Gasteiger partial charge in [0, 0.05) is 6.42 Å². The standard InChI is InChI=1S/C18H16FN3O2/c1-2-16-20-15-10-6-4-8-13(15)18(24)22(16)21-17(23)11-12-7-3-5-9-14(12)19/h3-10H,2,11H2,1H3,(H,21,23). The van der Waals surface area contributed by atoms with Crippen LogP contribution in [0.25, 0.3) is 10.9 Å². The lowest BCUT2D eigenvalue weighted by Gasteiger charge is -2.13. The fraction of sp³-hybridized carbons (Fsp3) is 0.167. The number of hydrogen-bond donors (Lipinski definition) is 1. The van der Waals surface area contributed by atoms with Crippen LogP contribution in [0.15, 0.2) is 53.3 Å². The molecule has 24 heavy (non-hydrogen) atoms. The number of benzene rings is 2. The molecule has 0 unspecified atom stereocenters. The number of halogens is 1. The highest BCUT2D eigenvalue weighted by molar-refractivity contribution is 5.86. The minimum absolute atomic E-state index is 0.158. The third-order valence-corrected chi connectivity index (χ3v) is 3.71. The van der Waals surface area contributed by atoms with Gasteiger partial charge in [0.1, 0.15) is 11.6 Å². The quantitative estimate of drug-likeness (QED) is 0.801. The van der Waals surface area contributed by atoms with Crippen LogP contribution in [0.4, 0.5) is 4.39 Å². The molecule has 0 aliphatic rings. The Labute approximate surface area is 137 Å². The zero-order valence-corrected chi connectivity index (χ0v) is 13.1. The summed E-state index contributed by atoms with van der Waals surface area (Å²) in [4.78, 5) is 29.2. The minimum atomic E-state index is -0.478. The second-order valence-electron chi connectivity index (χ2n) is 5.34. The molecule has 0 saturated carbocycles. The van der Waals surface area contributed by atoms with Crippen LogP contribution in [0, 0.1) is 5.82 Å². The van der Waals surface area contributed by atoms with Crippen LogP contribution in [0.3, 0.4) is 0 Å². The van der Waals surface area contributed by atoms with E-state index in [4.69, 9.17) is 0 Å². The zero-order chi connectivity index (χ0) is 17.1. The van der Waals surface area contributed by atoms with E-state index in [1.54, 1.807) is 36.4 Å². The molecule has 1 N–H and O–H groups in total. The van der Waals surface area contributed by atoms with Gasteiger partial charge in [-0.25, -0.2) is 14.1 Å². The Balaban J connectivity index is 1.94. The molecule has 0 bridgehead atoms. The van der Waals surface area contributed by atoms with E-state index in [9.17, 15) is 14.0 Å². The summed E-state index contributed by atoms with van der Waals surface area (Å²) in [7, 11) is 0. The van der Waals surface area contributed by atoms with Crippen molar-refractivity contribution in [1.82, 2.24) is 9.66 Å². The molecule has 6 heteroatoms. The molecular formula is C18H16FN3O2. The summed E-state index contributed by atoms with van der Waals surface area (Å²) >= 11 is 0. The van der Waals surface area contributed by atoms with Crippen molar-refractivity contribution in [1.29, 1.82) is 0 Å². The molecule has 3 rings (SSSR count). The van der Waals surface area contributed by atoms with Crippen molar-refractivity contribution in [3.05, 3.63) is 76.1 Å². The van der Waals surface area contributed by atoms with Gasteiger partial charge in [0.25, 0.3) is 5.56 Å². The molecule has 0 atom stereocenters. The Morgan fingerprint density at radius 2 is 1.88 bits per heavy atom. The molecule has 2 aromatic carbocycles. The summed E-state index contributed by atoms with van der Waals surface area (Å²) in [6, 6.07) is 13.0. The summed E-state index contributed by atoms with van der Waals surface area (Å²) in [5.41, 5.74) is 3.04. The Bertz CT molecular complexity index is 966. The van der Waals surface area contributed by atoms with Gasteiger partial charge in [-0.05, 0) is 23.8 Å². The monoisotopic (exact) mass is 325 g/mol. The molecule has 0 fully saturated rings. The first-order chi connectivity index (χ1) is 11.6. The number of aromatic nitrogens is 2. The van der Waals surface area contributed by atoms with Gasteiger partial charge >= 0.3 is 0 Å². The van der Waals surface area contributed by atoms with Crippen molar-refractivity contribution in [2.75, 3.05) is 5.43 Å². The molecule has 122 valence electrons. The highest BCUT2D eigenvalue weighted by atomic mass is 19.1. The Kier molecular flexibility index (Phi) is 4.37. The van der Waals surface area contributed by atoms with Gasteiger partial charge in [-0.1, -0.05) is 37.3 Å². The topological polar surface area (TPSA) is 64.0 Å². The van der Waals surface area contributed by atoms with Crippen LogP contribution in [0.5, 0.6) is 0 Å². The molecule has 0 saturated heterocycles. The van der Waals surface area contributed by atoms with Gasteiger partial charge in [-0.2, -0.15) is 0 Å². The first kappa shape index (κ1) is 15.9.